The van der Waals surface area contributed by atoms with Gasteiger partial charge in [-0.1, -0.05) is 12.1 Å². The second-order valence-corrected chi connectivity index (χ2v) is 6.34. The Balaban J connectivity index is 2.28. The van der Waals surface area contributed by atoms with Gasteiger partial charge < -0.3 is 9.84 Å². The van der Waals surface area contributed by atoms with E-state index < -0.39 is 9.84 Å². The van der Waals surface area contributed by atoms with Gasteiger partial charge in [-0.05, 0) is 6.92 Å². The molecule has 0 aliphatic carbocycles. The van der Waals surface area contributed by atoms with E-state index in [4.69, 9.17) is 4.52 Å². The Hall–Kier alpha value is -0.950. The SMILES string of the molecule is CCc1nc(CCNC(C)CS(C)(=O)=O)no1. The molecule has 1 aromatic heterocycles. The summed E-state index contributed by atoms with van der Waals surface area (Å²) in [5, 5.41) is 6.93. The minimum absolute atomic E-state index is 0.0671. The molecule has 1 unspecified atom stereocenters. The van der Waals surface area contributed by atoms with Crippen LogP contribution in [0.2, 0.25) is 0 Å². The molecule has 0 aliphatic heterocycles. The van der Waals surface area contributed by atoms with Gasteiger partial charge in [0.05, 0.1) is 5.75 Å². The second kappa shape index (κ2) is 6.11. The van der Waals surface area contributed by atoms with Crippen molar-refractivity contribution in [3.63, 3.8) is 0 Å². The zero-order valence-electron chi connectivity index (χ0n) is 10.4. The van der Waals surface area contributed by atoms with Gasteiger partial charge in [0.15, 0.2) is 5.82 Å². The maximum Gasteiger partial charge on any atom is 0.226 e. The molecule has 1 rings (SSSR count). The van der Waals surface area contributed by atoms with Crippen molar-refractivity contribution in [2.75, 3.05) is 18.6 Å². The average molecular weight is 261 g/mol. The standard InChI is InChI=1S/C10H19N3O3S/c1-4-10-12-9(13-16-10)5-6-11-8(2)7-17(3,14)15/h8,11H,4-7H2,1-3H3. The van der Waals surface area contributed by atoms with Gasteiger partial charge in [0.25, 0.3) is 0 Å². The van der Waals surface area contributed by atoms with Gasteiger partial charge in [-0.15, -0.1) is 0 Å². The molecule has 0 radical (unpaired) electrons. The van der Waals surface area contributed by atoms with E-state index >= 15 is 0 Å². The molecule has 0 aromatic carbocycles. The van der Waals surface area contributed by atoms with Crippen molar-refractivity contribution >= 4 is 9.84 Å². The molecule has 0 aliphatic rings. The molecule has 7 heteroatoms. The van der Waals surface area contributed by atoms with Gasteiger partial charge in [0.2, 0.25) is 5.89 Å². The van der Waals surface area contributed by atoms with Crippen LogP contribution < -0.4 is 5.32 Å². The number of nitrogens with one attached hydrogen (secondary N) is 1. The van der Waals surface area contributed by atoms with E-state index in [9.17, 15) is 8.42 Å². The summed E-state index contributed by atoms with van der Waals surface area (Å²) in [7, 11) is -2.93. The van der Waals surface area contributed by atoms with Crippen LogP contribution in [0.5, 0.6) is 0 Å². The molecule has 0 bridgehead atoms. The van der Waals surface area contributed by atoms with Gasteiger partial charge in [-0.25, -0.2) is 8.42 Å². The highest BCUT2D eigenvalue weighted by molar-refractivity contribution is 7.90. The first-order valence-corrected chi connectivity index (χ1v) is 7.69. The van der Waals surface area contributed by atoms with Gasteiger partial charge in [-0.3, -0.25) is 0 Å². The van der Waals surface area contributed by atoms with Crippen molar-refractivity contribution in [2.24, 2.45) is 0 Å². The van der Waals surface area contributed by atoms with E-state index in [-0.39, 0.29) is 11.8 Å². The van der Waals surface area contributed by atoms with Crippen molar-refractivity contribution in [1.82, 2.24) is 15.5 Å². The smallest absolute Gasteiger partial charge is 0.226 e. The quantitative estimate of drug-likeness (QED) is 0.754. The van der Waals surface area contributed by atoms with Crippen LogP contribution in [-0.4, -0.2) is 43.2 Å². The topological polar surface area (TPSA) is 85.1 Å². The summed E-state index contributed by atoms with van der Waals surface area (Å²) in [4.78, 5) is 4.16. The fourth-order valence-electron chi connectivity index (χ4n) is 1.48. The van der Waals surface area contributed by atoms with Crippen molar-refractivity contribution in [1.29, 1.82) is 0 Å². The molecule has 0 saturated heterocycles. The third-order valence-electron chi connectivity index (χ3n) is 2.21. The van der Waals surface area contributed by atoms with Crippen molar-refractivity contribution in [3.05, 3.63) is 11.7 Å². The highest BCUT2D eigenvalue weighted by atomic mass is 32.2. The van der Waals surface area contributed by atoms with Crippen molar-refractivity contribution < 1.29 is 12.9 Å². The molecular formula is C10H19N3O3S. The molecule has 0 saturated carbocycles. The number of aromatic nitrogens is 2. The molecular weight excluding hydrogens is 242 g/mol. The molecule has 1 atom stereocenters. The van der Waals surface area contributed by atoms with Crippen molar-refractivity contribution in [2.45, 2.75) is 32.7 Å². The third-order valence-corrected chi connectivity index (χ3v) is 3.31. The Morgan fingerprint density at radius 2 is 2.18 bits per heavy atom. The van der Waals surface area contributed by atoms with E-state index in [1.165, 1.54) is 6.26 Å². The Kier molecular flexibility index (Phi) is 5.07. The fraction of sp³-hybridized carbons (Fsp3) is 0.800. The summed E-state index contributed by atoms with van der Waals surface area (Å²) in [5.74, 6) is 1.42. The lowest BCUT2D eigenvalue weighted by Gasteiger charge is -2.11. The van der Waals surface area contributed by atoms with Crippen LogP contribution in [0, 0.1) is 0 Å². The van der Waals surface area contributed by atoms with E-state index in [1.807, 2.05) is 13.8 Å². The van der Waals surface area contributed by atoms with Crippen LogP contribution >= 0.6 is 0 Å². The lowest BCUT2D eigenvalue weighted by molar-refractivity contribution is 0.376. The summed E-state index contributed by atoms with van der Waals surface area (Å²) < 4.78 is 27.0. The predicted molar refractivity (Wildman–Crippen MR) is 64.6 cm³/mol. The van der Waals surface area contributed by atoms with Crippen LogP contribution in [-0.2, 0) is 22.7 Å². The summed E-state index contributed by atoms with van der Waals surface area (Å²) >= 11 is 0. The number of sulfone groups is 1. The Bertz CT molecular complexity index is 441. The number of hydrogen-bond acceptors (Lipinski definition) is 6. The molecule has 1 aromatic rings. The first-order valence-electron chi connectivity index (χ1n) is 5.63. The summed E-state index contributed by atoms with van der Waals surface area (Å²) in [6.07, 6.45) is 2.60. The average Bonchev–Trinajstić information content (AvgIpc) is 2.63. The highest BCUT2D eigenvalue weighted by Crippen LogP contribution is 1.98. The Labute approximate surface area is 102 Å². The number of aryl methyl sites for hydroxylation is 1. The summed E-state index contributed by atoms with van der Waals surface area (Å²) in [5.41, 5.74) is 0. The van der Waals surface area contributed by atoms with Crippen LogP contribution in [0.1, 0.15) is 25.6 Å². The highest BCUT2D eigenvalue weighted by Gasteiger charge is 2.10. The molecule has 6 nitrogen and oxygen atoms in total. The first-order chi connectivity index (χ1) is 7.90. The lowest BCUT2D eigenvalue weighted by atomic mass is 10.3. The lowest BCUT2D eigenvalue weighted by Crippen LogP contribution is -2.34. The van der Waals surface area contributed by atoms with E-state index in [0.29, 0.717) is 24.7 Å². The van der Waals surface area contributed by atoms with Gasteiger partial charge in [0, 0.05) is 31.7 Å². The number of nitrogens with zero attached hydrogens (tertiary/aromatic N) is 2. The largest absolute Gasteiger partial charge is 0.339 e. The Morgan fingerprint density at radius 3 is 2.71 bits per heavy atom. The molecule has 0 fully saturated rings. The molecule has 17 heavy (non-hydrogen) atoms. The second-order valence-electron chi connectivity index (χ2n) is 4.16. The zero-order chi connectivity index (χ0) is 12.9. The van der Waals surface area contributed by atoms with E-state index in [2.05, 4.69) is 15.5 Å². The summed E-state index contributed by atoms with van der Waals surface area (Å²) in [6.45, 7) is 4.43. The van der Waals surface area contributed by atoms with Crippen molar-refractivity contribution in [3.8, 4) is 0 Å². The number of rotatable bonds is 7. The molecule has 1 N–H and O–H groups in total. The van der Waals surface area contributed by atoms with E-state index in [0.717, 1.165) is 6.42 Å². The van der Waals surface area contributed by atoms with Crippen LogP contribution in [0.25, 0.3) is 0 Å². The normalized spacial score (nSPS) is 13.8. The summed E-state index contributed by atoms with van der Waals surface area (Å²) in [6, 6.07) is -0.0671. The van der Waals surface area contributed by atoms with Gasteiger partial charge in [-0.2, -0.15) is 4.98 Å². The van der Waals surface area contributed by atoms with Gasteiger partial charge >= 0.3 is 0 Å². The van der Waals surface area contributed by atoms with Crippen LogP contribution in [0.3, 0.4) is 0 Å². The Morgan fingerprint density at radius 1 is 1.47 bits per heavy atom. The maximum absolute atomic E-state index is 11.0. The molecule has 0 amide bonds. The first kappa shape index (κ1) is 14.1. The fourth-order valence-corrected chi connectivity index (χ4v) is 2.50. The molecule has 0 spiro atoms. The predicted octanol–water partition coefficient (Wildman–Crippen LogP) is 0.197. The van der Waals surface area contributed by atoms with Crippen LogP contribution in [0.15, 0.2) is 4.52 Å². The van der Waals surface area contributed by atoms with Gasteiger partial charge in [0.1, 0.15) is 9.84 Å². The molecule has 1 heterocycles. The van der Waals surface area contributed by atoms with E-state index in [1.54, 1.807) is 0 Å². The molecule has 98 valence electrons. The zero-order valence-corrected chi connectivity index (χ0v) is 11.2. The minimum atomic E-state index is -2.93. The third kappa shape index (κ3) is 5.78. The monoisotopic (exact) mass is 261 g/mol. The van der Waals surface area contributed by atoms with Crippen LogP contribution in [0.4, 0.5) is 0 Å². The maximum atomic E-state index is 11.0. The minimum Gasteiger partial charge on any atom is -0.339 e. The number of hydrogen-bond donors (Lipinski definition) is 1.